The molecule has 2 amide bonds. The van der Waals surface area contributed by atoms with Gasteiger partial charge in [0, 0.05) is 70.0 Å². The number of nitrogens with one attached hydrogen (secondary N) is 5. The number of aromatic amines is 3. The number of rotatable bonds is 12. The Balaban J connectivity index is 0.000000170. The van der Waals surface area contributed by atoms with Crippen molar-refractivity contribution in [3.05, 3.63) is 204 Å². The Morgan fingerprint density at radius 3 is 1.36 bits per heavy atom. The van der Waals surface area contributed by atoms with E-state index in [9.17, 15) is 28.8 Å². The molecular weight excluding hydrogens is 1200 g/mol. The van der Waals surface area contributed by atoms with E-state index in [1.165, 1.54) is 0 Å². The van der Waals surface area contributed by atoms with Crippen molar-refractivity contribution in [2.45, 2.75) is 79.7 Å². The fourth-order valence-electron chi connectivity index (χ4n) is 8.49. The molecular formula is C58H58Br3N5O12. The molecule has 0 radical (unpaired) electrons. The normalized spacial score (nSPS) is 15.1. The van der Waals surface area contributed by atoms with Crippen molar-refractivity contribution >= 4 is 65.4 Å². The van der Waals surface area contributed by atoms with Crippen LogP contribution in [0.4, 0.5) is 0 Å². The summed E-state index contributed by atoms with van der Waals surface area (Å²) < 4.78 is 36.0. The lowest BCUT2D eigenvalue weighted by Crippen LogP contribution is -2.29. The van der Waals surface area contributed by atoms with Gasteiger partial charge in [0.25, 0.3) is 28.5 Å². The maximum Gasteiger partial charge on any atom is 0.253 e. The zero-order valence-corrected chi connectivity index (χ0v) is 48.5. The van der Waals surface area contributed by atoms with Crippen LogP contribution in [0, 0.1) is 41.5 Å². The Bertz CT molecular complexity index is 3360. The molecule has 6 heterocycles. The van der Waals surface area contributed by atoms with Crippen molar-refractivity contribution in [3.8, 4) is 34.5 Å². The van der Waals surface area contributed by atoms with Crippen molar-refractivity contribution in [2.24, 2.45) is 0 Å². The van der Waals surface area contributed by atoms with Gasteiger partial charge in [0.05, 0.1) is 13.4 Å². The molecule has 3 aliphatic rings. The molecule has 0 saturated carbocycles. The van der Waals surface area contributed by atoms with Crippen LogP contribution in [0.1, 0.15) is 88.0 Å². The number of carbonyl (C=O) groups excluding carboxylic acids is 3. The largest absolute Gasteiger partial charge is 0.486 e. The number of pyridine rings is 3. The molecule has 0 aliphatic carbocycles. The first-order valence-electron chi connectivity index (χ1n) is 24.7. The number of hydrogen-bond donors (Lipinski definition) is 5. The van der Waals surface area contributed by atoms with Gasteiger partial charge in [-0.15, -0.1) is 0 Å². The lowest BCUT2D eigenvalue weighted by atomic mass is 10.00. The number of ether oxygens (including phenoxy) is 6. The van der Waals surface area contributed by atoms with Gasteiger partial charge >= 0.3 is 0 Å². The third kappa shape index (κ3) is 14.6. The van der Waals surface area contributed by atoms with E-state index in [0.717, 1.165) is 33.8 Å². The van der Waals surface area contributed by atoms with E-state index in [4.69, 9.17) is 28.4 Å². The van der Waals surface area contributed by atoms with Gasteiger partial charge in [-0.3, -0.25) is 28.8 Å². The van der Waals surface area contributed by atoms with Crippen LogP contribution in [0.15, 0.2) is 120 Å². The number of aryl methyl sites for hydroxylation is 6. The van der Waals surface area contributed by atoms with Crippen LogP contribution >= 0.6 is 47.8 Å². The van der Waals surface area contributed by atoms with E-state index in [1.807, 2.05) is 71.9 Å². The first kappa shape index (κ1) is 58.3. The molecule has 0 fully saturated rings. The van der Waals surface area contributed by atoms with Crippen LogP contribution in [0.25, 0.3) is 0 Å². The quantitative estimate of drug-likeness (QED) is 0.0570. The summed E-state index contributed by atoms with van der Waals surface area (Å²) in [4.78, 5) is 82.2. The first-order valence-corrected chi connectivity index (χ1v) is 27.0. The fourth-order valence-corrected chi connectivity index (χ4v) is 10.1. The average Bonchev–Trinajstić information content (AvgIpc) is 3.38. The maximum atomic E-state index is 12.6. The molecule has 2 atom stereocenters. The van der Waals surface area contributed by atoms with Gasteiger partial charge in [-0.1, -0.05) is 13.2 Å². The number of aromatic nitrogens is 3. The number of carbonyl (C=O) groups is 3. The Labute approximate surface area is 475 Å². The number of benzene rings is 3. The topological polar surface area (TPSA) is 229 Å². The van der Waals surface area contributed by atoms with Gasteiger partial charge in [0.2, 0.25) is 0 Å². The summed E-state index contributed by atoms with van der Waals surface area (Å²) in [5, 5.41) is 5.57. The van der Waals surface area contributed by atoms with Crippen molar-refractivity contribution in [3.63, 3.8) is 0 Å². The summed E-state index contributed by atoms with van der Waals surface area (Å²) in [6, 6.07) is 15.7. The van der Waals surface area contributed by atoms with Crippen LogP contribution in [-0.4, -0.2) is 71.2 Å². The lowest BCUT2D eigenvalue weighted by molar-refractivity contribution is 0.0940. The summed E-state index contributed by atoms with van der Waals surface area (Å²) in [5.41, 5.74) is 7.55. The predicted molar refractivity (Wildman–Crippen MR) is 307 cm³/mol. The predicted octanol–water partition coefficient (Wildman–Crippen LogP) is 9.92. The van der Waals surface area contributed by atoms with Crippen LogP contribution in [0.5, 0.6) is 34.5 Å². The van der Waals surface area contributed by atoms with Gasteiger partial charge in [-0.25, -0.2) is 0 Å². The molecule has 0 spiro atoms. The second kappa shape index (κ2) is 26.3. The first-order chi connectivity index (χ1) is 37.2. The highest BCUT2D eigenvalue weighted by Crippen LogP contribution is 2.42. The number of halogens is 3. The molecule has 2 unspecified atom stereocenters. The number of fused-ring (bicyclic) bond motifs is 3. The summed E-state index contributed by atoms with van der Waals surface area (Å²) in [6.07, 6.45) is 7.27. The summed E-state index contributed by atoms with van der Waals surface area (Å²) in [5.74, 6) is 2.55. The molecule has 20 heteroatoms. The summed E-state index contributed by atoms with van der Waals surface area (Å²) in [6.45, 7) is 20.3. The minimum Gasteiger partial charge on any atom is -0.486 e. The van der Waals surface area contributed by atoms with Crippen molar-refractivity contribution in [1.29, 1.82) is 0 Å². The Hall–Kier alpha value is -7.42. The second-order valence-electron chi connectivity index (χ2n) is 18.5. The molecule has 78 heavy (non-hydrogen) atoms. The highest BCUT2D eigenvalue weighted by molar-refractivity contribution is 9.11. The zero-order valence-electron chi connectivity index (χ0n) is 43.8. The van der Waals surface area contributed by atoms with Gasteiger partial charge in [0.15, 0.2) is 52.5 Å². The maximum absolute atomic E-state index is 12.6. The second-order valence-corrected chi connectivity index (χ2v) is 21.0. The molecule has 9 rings (SSSR count). The number of H-pyrrole nitrogens is 3. The Morgan fingerprint density at radius 1 is 0.538 bits per heavy atom. The lowest BCUT2D eigenvalue weighted by Gasteiger charge is -2.25. The number of amides is 2. The smallest absolute Gasteiger partial charge is 0.253 e. The number of Topliss-reactive ketones (excluding diaryl/α,β-unsaturated/α-hetero) is 1. The van der Waals surface area contributed by atoms with E-state index in [0.29, 0.717) is 114 Å². The summed E-state index contributed by atoms with van der Waals surface area (Å²) >= 11 is 10.3. The fraction of sp³-hybridized carbons (Fsp3) is 0.276. The molecule has 3 aromatic carbocycles. The average molecular weight is 1260 g/mol. The summed E-state index contributed by atoms with van der Waals surface area (Å²) in [7, 11) is 0. The van der Waals surface area contributed by atoms with Crippen LogP contribution in [-0.2, 0) is 19.5 Å². The van der Waals surface area contributed by atoms with Crippen LogP contribution < -0.4 is 55.7 Å². The van der Waals surface area contributed by atoms with Gasteiger partial charge in [-0.05, 0) is 191 Å². The SMILES string of the molecule is C=CC1COc2cc(C(=O)CCc3c(C)cc(C)[nH]c3=O)cc(Br)c2O1.C=CC1COc2cc(C(=O)NCc3c(C)cc(C)[nH]c3=O)cc(Br)c2O1.Cc1cc(C)c(CNC(=O)c2cc(Br)c3c(c2)OC/C=C\CO3)c(=O)[nH]1. The van der Waals surface area contributed by atoms with E-state index < -0.39 is 0 Å². The Morgan fingerprint density at radius 2 is 0.923 bits per heavy atom. The van der Waals surface area contributed by atoms with Crippen molar-refractivity contribution in [1.82, 2.24) is 25.6 Å². The van der Waals surface area contributed by atoms with E-state index in [1.54, 1.807) is 48.6 Å². The third-order valence-electron chi connectivity index (χ3n) is 12.5. The number of hydrogen-bond acceptors (Lipinski definition) is 12. The van der Waals surface area contributed by atoms with Crippen LogP contribution in [0.2, 0.25) is 0 Å². The van der Waals surface area contributed by atoms with Crippen molar-refractivity contribution in [2.75, 3.05) is 26.4 Å². The third-order valence-corrected chi connectivity index (χ3v) is 14.3. The minimum atomic E-state index is -0.303. The zero-order chi connectivity index (χ0) is 56.4. The highest BCUT2D eigenvalue weighted by Gasteiger charge is 2.26. The Kier molecular flexibility index (Phi) is 19.6. The molecule has 3 aromatic heterocycles. The van der Waals surface area contributed by atoms with Gasteiger partial charge < -0.3 is 54.0 Å². The highest BCUT2D eigenvalue weighted by atomic mass is 79.9. The minimum absolute atomic E-state index is 0.0534. The monoisotopic (exact) mass is 1250 g/mol. The van der Waals surface area contributed by atoms with E-state index in [-0.39, 0.29) is 66.0 Å². The van der Waals surface area contributed by atoms with Gasteiger partial charge in [-0.2, -0.15) is 0 Å². The van der Waals surface area contributed by atoms with Gasteiger partial charge in [0.1, 0.15) is 26.4 Å². The van der Waals surface area contributed by atoms with E-state index >= 15 is 0 Å². The molecule has 0 bridgehead atoms. The molecule has 6 aromatic rings. The molecule has 5 N–H and O–H groups in total. The van der Waals surface area contributed by atoms with Crippen LogP contribution in [0.3, 0.4) is 0 Å². The molecule has 3 aliphatic heterocycles. The molecule has 17 nitrogen and oxygen atoms in total. The molecule has 0 saturated heterocycles. The standard InChI is InChI=1S/C20H20BrNO4.2C19H19BrN2O4/c1-4-14-10-25-18-9-13(8-16(21)19(18)26-14)17(23)6-5-15-11(2)7-12(3)22-20(15)24;1-11-7-12(2)22-19(24)14(11)10-21-18(23)13-8-15(20)17-16(9-13)25-5-3-4-6-26-17;1-4-13-9-25-16-7-12(6-15(20)17(16)26-13)18(23)21-8-14-10(2)5-11(3)22-19(14)24/h4,7-9,14H,1,5-6,10H2,2-3H3,(H,22,24);3-4,7-9H,5-6,10H2,1-2H3,(H,21,23)(H,22,24);4-7,13H,1,8-9H2,2-3H3,(H,21,23)(H,22,24)/b;4-3-;. The number of ketones is 1. The van der Waals surface area contributed by atoms with Crippen molar-refractivity contribution < 1.29 is 42.8 Å². The molecule has 408 valence electrons. The van der Waals surface area contributed by atoms with E-state index in [2.05, 4.69) is 86.5 Å².